The Balaban J connectivity index is 2.28. The Morgan fingerprint density at radius 2 is 2.32 bits per heavy atom. The third kappa shape index (κ3) is 2.79. The highest BCUT2D eigenvalue weighted by Gasteiger charge is 2.38. The summed E-state index contributed by atoms with van der Waals surface area (Å²) in [7, 11) is 0. The number of aromatic amines is 1. The van der Waals surface area contributed by atoms with E-state index in [1.807, 2.05) is 0 Å². The topological polar surface area (TPSA) is 131 Å². The van der Waals surface area contributed by atoms with Crippen LogP contribution in [0.1, 0.15) is 12.6 Å². The average Bonchev–Trinajstić information content (AvgIpc) is 2.75. The first-order valence-corrected chi connectivity index (χ1v) is 6.44. The summed E-state index contributed by atoms with van der Waals surface area (Å²) in [6.45, 7) is -0.477. The lowest BCUT2D eigenvalue weighted by molar-refractivity contribution is -0.0781. The summed E-state index contributed by atoms with van der Waals surface area (Å²) >= 11 is 3.02. The van der Waals surface area contributed by atoms with E-state index in [9.17, 15) is 14.7 Å². The number of aliphatic hydroxyl groups excluding tert-OH is 2. The zero-order chi connectivity index (χ0) is 14.2. The molecule has 0 unspecified atom stereocenters. The number of nitrogens with zero attached hydrogens (tertiary/aromatic N) is 1. The van der Waals surface area contributed by atoms with Gasteiger partial charge >= 0.3 is 5.69 Å². The summed E-state index contributed by atoms with van der Waals surface area (Å²) in [4.78, 5) is 25.1. The largest absolute Gasteiger partial charge is 0.394 e. The van der Waals surface area contributed by atoms with Crippen molar-refractivity contribution in [3.05, 3.63) is 31.5 Å². The predicted octanol–water partition coefficient (Wildman–Crippen LogP) is -1.73. The first kappa shape index (κ1) is 14.4. The maximum atomic E-state index is 11.7. The summed E-state index contributed by atoms with van der Waals surface area (Å²) in [5, 5.41) is 18.4. The van der Waals surface area contributed by atoms with Gasteiger partial charge in [-0.2, -0.15) is 0 Å². The molecule has 0 aromatic carbocycles. The molecule has 0 aliphatic carbocycles. The van der Waals surface area contributed by atoms with Crippen molar-refractivity contribution in [2.24, 2.45) is 5.73 Å². The van der Waals surface area contributed by atoms with E-state index in [1.54, 1.807) is 0 Å². The van der Waals surface area contributed by atoms with Gasteiger partial charge in [-0.15, -0.1) is 0 Å². The lowest BCUT2D eigenvalue weighted by Gasteiger charge is -2.20. The minimum atomic E-state index is -1.11. The fraction of sp³-hybridized carbons (Fsp3) is 0.600. The number of aliphatic hydroxyl groups is 2. The van der Waals surface area contributed by atoms with Crippen LogP contribution in [-0.2, 0) is 4.74 Å². The van der Waals surface area contributed by atoms with Crippen LogP contribution in [-0.4, -0.2) is 44.6 Å². The summed E-state index contributed by atoms with van der Waals surface area (Å²) in [5.41, 5.74) is 4.65. The van der Waals surface area contributed by atoms with E-state index in [1.165, 1.54) is 10.8 Å². The fourth-order valence-electron chi connectivity index (χ4n) is 2.04. The van der Waals surface area contributed by atoms with Gasteiger partial charge in [0.1, 0.15) is 18.4 Å². The molecular formula is C10H14BrN3O5. The van der Waals surface area contributed by atoms with Crippen LogP contribution in [0, 0.1) is 0 Å². The molecule has 0 bridgehead atoms. The van der Waals surface area contributed by atoms with Crippen LogP contribution in [0.25, 0.3) is 0 Å². The number of hydrogen-bond donors (Lipinski definition) is 4. The van der Waals surface area contributed by atoms with Gasteiger partial charge in [0.15, 0.2) is 0 Å². The van der Waals surface area contributed by atoms with Gasteiger partial charge in [0.05, 0.1) is 11.1 Å². The van der Waals surface area contributed by atoms with Crippen molar-refractivity contribution in [1.29, 1.82) is 0 Å². The van der Waals surface area contributed by atoms with Crippen LogP contribution in [0.15, 0.2) is 20.3 Å². The van der Waals surface area contributed by atoms with Gasteiger partial charge in [-0.3, -0.25) is 14.3 Å². The van der Waals surface area contributed by atoms with Crippen molar-refractivity contribution >= 4 is 15.9 Å². The van der Waals surface area contributed by atoms with Gasteiger partial charge in [-0.25, -0.2) is 4.79 Å². The SMILES string of the molecule is N[C@H]1C[C@@H](n2cc(Br)c(=O)[nH]c2=O)O[C@@H]1[C@H](O)CO. The smallest absolute Gasteiger partial charge is 0.330 e. The van der Waals surface area contributed by atoms with Crippen molar-refractivity contribution in [3.63, 3.8) is 0 Å². The zero-order valence-corrected chi connectivity index (χ0v) is 11.4. The number of H-pyrrole nitrogens is 1. The Morgan fingerprint density at radius 1 is 1.63 bits per heavy atom. The second-order valence-electron chi connectivity index (χ2n) is 4.35. The fourth-order valence-corrected chi connectivity index (χ4v) is 2.36. The van der Waals surface area contributed by atoms with Crippen LogP contribution in [0.5, 0.6) is 0 Å². The van der Waals surface area contributed by atoms with Crippen LogP contribution in [0.3, 0.4) is 0 Å². The molecule has 1 saturated heterocycles. The number of ether oxygens (including phenoxy) is 1. The van der Waals surface area contributed by atoms with E-state index >= 15 is 0 Å². The minimum Gasteiger partial charge on any atom is -0.394 e. The molecule has 8 nitrogen and oxygen atoms in total. The molecule has 1 aliphatic heterocycles. The Hall–Kier alpha value is -1.00. The molecule has 0 spiro atoms. The number of rotatable bonds is 3. The molecule has 9 heteroatoms. The van der Waals surface area contributed by atoms with Gasteiger partial charge < -0.3 is 20.7 Å². The maximum Gasteiger partial charge on any atom is 0.330 e. The Kier molecular flexibility index (Phi) is 4.21. The lowest BCUT2D eigenvalue weighted by atomic mass is 10.1. The molecule has 106 valence electrons. The molecule has 1 aromatic rings. The van der Waals surface area contributed by atoms with Gasteiger partial charge in [0.2, 0.25) is 0 Å². The molecule has 0 radical (unpaired) electrons. The Labute approximate surface area is 115 Å². The van der Waals surface area contributed by atoms with E-state index in [-0.39, 0.29) is 4.47 Å². The molecule has 5 N–H and O–H groups in total. The summed E-state index contributed by atoms with van der Waals surface area (Å²) in [5.74, 6) is 0. The first-order chi connectivity index (χ1) is 8.93. The molecule has 1 aliphatic rings. The van der Waals surface area contributed by atoms with E-state index in [0.29, 0.717) is 6.42 Å². The van der Waals surface area contributed by atoms with Gasteiger partial charge in [0, 0.05) is 18.7 Å². The highest BCUT2D eigenvalue weighted by Crippen LogP contribution is 2.28. The van der Waals surface area contributed by atoms with Crippen LogP contribution < -0.4 is 17.0 Å². The molecule has 1 fully saturated rings. The van der Waals surface area contributed by atoms with Crippen molar-refractivity contribution in [2.45, 2.75) is 30.9 Å². The molecular weight excluding hydrogens is 322 g/mol. The van der Waals surface area contributed by atoms with Gasteiger partial charge in [0.25, 0.3) is 5.56 Å². The van der Waals surface area contributed by atoms with Crippen molar-refractivity contribution in [3.8, 4) is 0 Å². The quantitative estimate of drug-likeness (QED) is 0.519. The van der Waals surface area contributed by atoms with Crippen molar-refractivity contribution in [1.82, 2.24) is 9.55 Å². The molecule has 19 heavy (non-hydrogen) atoms. The standard InChI is InChI=1S/C10H14BrN3O5/c11-4-2-14(10(18)13-9(4)17)7-1-5(12)8(19-7)6(16)3-15/h2,5-8,15-16H,1,3,12H2,(H,13,17,18)/t5-,6+,7-,8-/m0/s1. The minimum absolute atomic E-state index is 0.190. The summed E-state index contributed by atoms with van der Waals surface area (Å²) < 4.78 is 6.85. The van der Waals surface area contributed by atoms with Crippen LogP contribution in [0.4, 0.5) is 0 Å². The molecule has 2 rings (SSSR count). The molecule has 0 saturated carbocycles. The van der Waals surface area contributed by atoms with E-state index < -0.39 is 42.3 Å². The molecule has 1 aromatic heterocycles. The highest BCUT2D eigenvalue weighted by molar-refractivity contribution is 9.10. The second-order valence-corrected chi connectivity index (χ2v) is 5.20. The van der Waals surface area contributed by atoms with Crippen molar-refractivity contribution in [2.75, 3.05) is 6.61 Å². The van der Waals surface area contributed by atoms with Gasteiger partial charge in [-0.05, 0) is 15.9 Å². The third-order valence-electron chi connectivity index (χ3n) is 3.01. The monoisotopic (exact) mass is 335 g/mol. The highest BCUT2D eigenvalue weighted by atomic mass is 79.9. The number of nitrogens with one attached hydrogen (secondary N) is 1. The van der Waals surface area contributed by atoms with Crippen molar-refractivity contribution < 1.29 is 14.9 Å². The van der Waals surface area contributed by atoms with E-state index in [4.69, 9.17) is 15.6 Å². The Bertz CT molecular complexity index is 571. The molecule has 0 amide bonds. The Morgan fingerprint density at radius 3 is 2.95 bits per heavy atom. The normalized spacial score (nSPS) is 28.5. The number of halogens is 1. The third-order valence-corrected chi connectivity index (χ3v) is 3.58. The number of hydrogen-bond acceptors (Lipinski definition) is 6. The van der Waals surface area contributed by atoms with Gasteiger partial charge in [-0.1, -0.05) is 0 Å². The average molecular weight is 336 g/mol. The summed E-state index contributed by atoms with van der Waals surface area (Å²) in [6, 6.07) is -0.509. The predicted molar refractivity (Wildman–Crippen MR) is 68.6 cm³/mol. The lowest BCUT2D eigenvalue weighted by Crippen LogP contribution is -2.41. The van der Waals surface area contributed by atoms with E-state index in [0.717, 1.165) is 0 Å². The summed E-state index contributed by atoms with van der Waals surface area (Å²) in [6.07, 6.45) is -0.955. The number of nitrogens with two attached hydrogens (primary N) is 1. The van der Waals surface area contributed by atoms with E-state index in [2.05, 4.69) is 20.9 Å². The molecule has 4 atom stereocenters. The first-order valence-electron chi connectivity index (χ1n) is 5.65. The molecule has 2 heterocycles. The van der Waals surface area contributed by atoms with Crippen LogP contribution in [0.2, 0.25) is 0 Å². The second kappa shape index (κ2) is 5.55. The number of aromatic nitrogens is 2. The zero-order valence-electron chi connectivity index (χ0n) is 9.82. The maximum absolute atomic E-state index is 11.7. The van der Waals surface area contributed by atoms with Crippen LogP contribution >= 0.6 is 15.9 Å².